The van der Waals surface area contributed by atoms with Crippen molar-refractivity contribution in [2.75, 3.05) is 26.2 Å². The summed E-state index contributed by atoms with van der Waals surface area (Å²) >= 11 is 0. The number of hydrogen-bond acceptors (Lipinski definition) is 3. The Morgan fingerprint density at radius 2 is 1.27 bits per heavy atom. The molecule has 2 aliphatic carbocycles. The summed E-state index contributed by atoms with van der Waals surface area (Å²) in [4.78, 5) is 40.1. The zero-order valence-electron chi connectivity index (χ0n) is 15.7. The first-order chi connectivity index (χ1) is 12.5. The minimum absolute atomic E-state index is 0.0323. The summed E-state index contributed by atoms with van der Waals surface area (Å²) < 4.78 is 0. The van der Waals surface area contributed by atoms with Gasteiger partial charge in [0.05, 0.1) is 5.92 Å². The first kappa shape index (κ1) is 19.2. The van der Waals surface area contributed by atoms with Crippen LogP contribution >= 0.6 is 0 Å². The molecule has 0 aromatic carbocycles. The largest absolute Gasteiger partial charge is 0.481 e. The number of piperazine rings is 1. The number of nitrogens with zero attached hydrogens (tertiary/aromatic N) is 2. The van der Waals surface area contributed by atoms with Gasteiger partial charge >= 0.3 is 5.97 Å². The molecule has 0 radical (unpaired) electrons. The monoisotopic (exact) mass is 364 g/mol. The van der Waals surface area contributed by atoms with Gasteiger partial charge in [-0.15, -0.1) is 0 Å². The molecule has 2 saturated carbocycles. The lowest BCUT2D eigenvalue weighted by atomic mass is 9.81. The number of aliphatic carboxylic acids is 1. The van der Waals surface area contributed by atoms with Crippen LogP contribution in [0.15, 0.2) is 0 Å². The number of carbonyl (C=O) groups excluding carboxylic acids is 2. The van der Waals surface area contributed by atoms with Gasteiger partial charge in [0, 0.05) is 38.5 Å². The predicted octanol–water partition coefficient (Wildman–Crippen LogP) is 2.52. The summed E-state index contributed by atoms with van der Waals surface area (Å²) in [6.45, 7) is 2.52. The van der Waals surface area contributed by atoms with Gasteiger partial charge in [-0.05, 0) is 44.4 Å². The summed E-state index contributed by atoms with van der Waals surface area (Å²) in [5.41, 5.74) is 0. The average Bonchev–Trinajstić information content (AvgIpc) is 2.68. The predicted molar refractivity (Wildman–Crippen MR) is 97.4 cm³/mol. The number of carbonyl (C=O) groups is 3. The van der Waals surface area contributed by atoms with Crippen molar-refractivity contribution in [1.29, 1.82) is 0 Å². The second-order valence-electron chi connectivity index (χ2n) is 8.30. The van der Waals surface area contributed by atoms with Gasteiger partial charge in [-0.3, -0.25) is 14.4 Å². The summed E-state index contributed by atoms with van der Waals surface area (Å²) in [5, 5.41) is 9.08. The number of rotatable bonds is 4. The second kappa shape index (κ2) is 8.87. The molecule has 0 bridgehead atoms. The number of carboxylic acids is 1. The maximum atomic E-state index is 12.7. The van der Waals surface area contributed by atoms with E-state index in [2.05, 4.69) is 0 Å². The normalized spacial score (nSPS) is 28.0. The van der Waals surface area contributed by atoms with Crippen molar-refractivity contribution in [3.63, 3.8) is 0 Å². The fraction of sp³-hybridized carbons (Fsp3) is 0.850. The van der Waals surface area contributed by atoms with Gasteiger partial charge in [-0.1, -0.05) is 19.3 Å². The number of amides is 2. The van der Waals surface area contributed by atoms with Crippen LogP contribution in [0.2, 0.25) is 0 Å². The first-order valence-electron chi connectivity index (χ1n) is 10.3. The summed E-state index contributed by atoms with van der Waals surface area (Å²) in [6.07, 6.45) is 9.42. The van der Waals surface area contributed by atoms with Crippen LogP contribution in [0, 0.1) is 17.8 Å². The molecule has 6 heteroatoms. The third-order valence-corrected chi connectivity index (χ3v) is 6.56. The van der Waals surface area contributed by atoms with Crippen LogP contribution in [0.25, 0.3) is 0 Å². The van der Waals surface area contributed by atoms with Crippen molar-refractivity contribution < 1.29 is 19.5 Å². The molecule has 2 amide bonds. The maximum absolute atomic E-state index is 12.7. The minimum Gasteiger partial charge on any atom is -0.481 e. The molecule has 1 N–H and O–H groups in total. The highest BCUT2D eigenvalue weighted by atomic mass is 16.4. The molecule has 146 valence electrons. The Hall–Kier alpha value is -1.59. The summed E-state index contributed by atoms with van der Waals surface area (Å²) in [7, 11) is 0. The molecule has 1 aliphatic heterocycles. The Morgan fingerprint density at radius 3 is 1.85 bits per heavy atom. The van der Waals surface area contributed by atoms with Gasteiger partial charge in [0.25, 0.3) is 0 Å². The van der Waals surface area contributed by atoms with E-state index in [9.17, 15) is 14.4 Å². The fourth-order valence-electron chi connectivity index (χ4n) is 4.79. The van der Waals surface area contributed by atoms with Crippen LogP contribution in [0.1, 0.15) is 64.2 Å². The van der Waals surface area contributed by atoms with Crippen molar-refractivity contribution in [2.45, 2.75) is 64.2 Å². The average molecular weight is 364 g/mol. The lowest BCUT2D eigenvalue weighted by Crippen LogP contribution is -2.52. The Balaban J connectivity index is 1.41. The lowest BCUT2D eigenvalue weighted by molar-refractivity contribution is -0.147. The SMILES string of the molecule is O=C(O)C1CCC(C(=O)N2CCN(C(=O)CC3CCCCC3)CC2)CC1. The molecule has 3 rings (SSSR count). The van der Waals surface area contributed by atoms with E-state index in [0.717, 1.165) is 0 Å². The van der Waals surface area contributed by atoms with Crippen molar-refractivity contribution in [2.24, 2.45) is 17.8 Å². The molecule has 0 spiro atoms. The fourth-order valence-corrected chi connectivity index (χ4v) is 4.79. The van der Waals surface area contributed by atoms with E-state index >= 15 is 0 Å². The zero-order chi connectivity index (χ0) is 18.5. The highest BCUT2D eigenvalue weighted by Gasteiger charge is 2.34. The van der Waals surface area contributed by atoms with Gasteiger partial charge in [0.15, 0.2) is 0 Å². The van der Waals surface area contributed by atoms with Crippen molar-refractivity contribution >= 4 is 17.8 Å². The van der Waals surface area contributed by atoms with E-state index in [1.54, 1.807) is 0 Å². The molecular formula is C20H32N2O4. The van der Waals surface area contributed by atoms with Gasteiger partial charge in [-0.25, -0.2) is 0 Å². The molecule has 26 heavy (non-hydrogen) atoms. The van der Waals surface area contributed by atoms with E-state index < -0.39 is 5.97 Å². The molecule has 1 saturated heterocycles. The van der Waals surface area contributed by atoms with Crippen LogP contribution in [0.5, 0.6) is 0 Å². The standard InChI is InChI=1S/C20H32N2O4/c23-18(14-15-4-2-1-3-5-15)21-10-12-22(13-11-21)19(24)16-6-8-17(9-7-16)20(25)26/h15-17H,1-14H2,(H,25,26). The van der Waals surface area contributed by atoms with Crippen molar-refractivity contribution in [1.82, 2.24) is 9.80 Å². The molecule has 0 unspecified atom stereocenters. The van der Waals surface area contributed by atoms with Crippen molar-refractivity contribution in [3.05, 3.63) is 0 Å². The molecule has 1 heterocycles. The lowest BCUT2D eigenvalue weighted by Gasteiger charge is -2.38. The van der Waals surface area contributed by atoms with E-state index in [1.165, 1.54) is 32.1 Å². The highest BCUT2D eigenvalue weighted by molar-refractivity contribution is 5.80. The van der Waals surface area contributed by atoms with E-state index in [-0.39, 0.29) is 23.7 Å². The zero-order valence-corrected chi connectivity index (χ0v) is 15.7. The van der Waals surface area contributed by atoms with E-state index in [1.807, 2.05) is 9.80 Å². The Morgan fingerprint density at radius 1 is 0.731 bits per heavy atom. The van der Waals surface area contributed by atoms with Crippen molar-refractivity contribution in [3.8, 4) is 0 Å². The van der Waals surface area contributed by atoms with Gasteiger partial charge in [0.1, 0.15) is 0 Å². The molecular weight excluding hydrogens is 332 g/mol. The third-order valence-electron chi connectivity index (χ3n) is 6.56. The van der Waals surface area contributed by atoms with Crippen LogP contribution in [0.3, 0.4) is 0 Å². The first-order valence-corrected chi connectivity index (χ1v) is 10.3. The van der Waals surface area contributed by atoms with Crippen LogP contribution in [0.4, 0.5) is 0 Å². The quantitative estimate of drug-likeness (QED) is 0.831. The van der Waals surface area contributed by atoms with Gasteiger partial charge < -0.3 is 14.9 Å². The van der Waals surface area contributed by atoms with Crippen LogP contribution < -0.4 is 0 Å². The topological polar surface area (TPSA) is 77.9 Å². The summed E-state index contributed by atoms with van der Waals surface area (Å²) in [6, 6.07) is 0. The molecule has 3 aliphatic rings. The Kier molecular flexibility index (Phi) is 6.54. The molecule has 3 fully saturated rings. The molecule has 0 aromatic heterocycles. The smallest absolute Gasteiger partial charge is 0.306 e. The highest BCUT2D eigenvalue weighted by Crippen LogP contribution is 2.31. The van der Waals surface area contributed by atoms with E-state index in [0.29, 0.717) is 64.2 Å². The molecule has 6 nitrogen and oxygen atoms in total. The Bertz CT molecular complexity index is 514. The minimum atomic E-state index is -0.735. The molecule has 0 aromatic rings. The van der Waals surface area contributed by atoms with Gasteiger partial charge in [-0.2, -0.15) is 0 Å². The van der Waals surface area contributed by atoms with E-state index in [4.69, 9.17) is 5.11 Å². The van der Waals surface area contributed by atoms with Crippen LogP contribution in [-0.4, -0.2) is 58.9 Å². The molecule has 0 atom stereocenters. The van der Waals surface area contributed by atoms with Crippen LogP contribution in [-0.2, 0) is 14.4 Å². The third kappa shape index (κ3) is 4.77. The second-order valence-corrected chi connectivity index (χ2v) is 8.30. The summed E-state index contributed by atoms with van der Waals surface area (Å²) in [5.74, 6) is -0.0797. The van der Waals surface area contributed by atoms with Gasteiger partial charge in [0.2, 0.25) is 11.8 Å². The maximum Gasteiger partial charge on any atom is 0.306 e. The number of carboxylic acid groups (broad SMARTS) is 1. The Labute approximate surface area is 155 Å². The number of hydrogen-bond donors (Lipinski definition) is 1.